The van der Waals surface area contributed by atoms with Crippen LogP contribution in [0.25, 0.3) is 22.9 Å². The lowest BCUT2D eigenvalue weighted by Crippen LogP contribution is -2.12. The topological polar surface area (TPSA) is 92.0 Å². The zero-order valence-electron chi connectivity index (χ0n) is 11.1. The highest BCUT2D eigenvalue weighted by atomic mass is 16.3. The van der Waals surface area contributed by atoms with Gasteiger partial charge in [-0.15, -0.1) is 0 Å². The first-order valence-corrected chi connectivity index (χ1v) is 6.40. The summed E-state index contributed by atoms with van der Waals surface area (Å²) in [5.41, 5.74) is 7.76. The Bertz CT molecular complexity index is 897. The Labute approximate surface area is 120 Å². The van der Waals surface area contributed by atoms with E-state index in [2.05, 4.69) is 9.97 Å². The normalized spacial score (nSPS) is 11.7. The molecule has 0 radical (unpaired) electrons. The molecule has 0 fully saturated rings. The van der Waals surface area contributed by atoms with E-state index in [4.69, 9.17) is 5.73 Å². The number of benzene rings is 2. The standard InChI is InChI=1S/C16H13N3O2/c17-11-6-2-1-5-10(11)15(20)9-14-16(21)19-13-8-4-3-7-12(13)18-14/h1-9,20H,17H2,(H,19,21). The lowest BCUT2D eigenvalue weighted by Gasteiger charge is -2.04. The molecule has 1 aromatic heterocycles. The third-order valence-electron chi connectivity index (χ3n) is 3.14. The van der Waals surface area contributed by atoms with Gasteiger partial charge in [0.15, 0.2) is 0 Å². The van der Waals surface area contributed by atoms with Crippen LogP contribution in [0.15, 0.2) is 53.3 Å². The van der Waals surface area contributed by atoms with Crippen molar-refractivity contribution in [3.05, 3.63) is 70.1 Å². The van der Waals surface area contributed by atoms with Crippen LogP contribution in [0.5, 0.6) is 0 Å². The van der Waals surface area contributed by atoms with Crippen molar-refractivity contribution in [2.24, 2.45) is 0 Å². The molecule has 5 nitrogen and oxygen atoms in total. The maximum Gasteiger partial charge on any atom is 0.274 e. The number of nitrogens with zero attached hydrogens (tertiary/aromatic N) is 1. The van der Waals surface area contributed by atoms with E-state index in [1.165, 1.54) is 6.08 Å². The van der Waals surface area contributed by atoms with Crippen molar-refractivity contribution in [1.82, 2.24) is 9.97 Å². The predicted molar refractivity (Wildman–Crippen MR) is 83.7 cm³/mol. The first-order chi connectivity index (χ1) is 10.1. The number of hydrogen-bond donors (Lipinski definition) is 3. The number of para-hydroxylation sites is 3. The van der Waals surface area contributed by atoms with Crippen LogP contribution in [-0.2, 0) is 0 Å². The Kier molecular flexibility index (Phi) is 3.16. The quantitative estimate of drug-likeness (QED) is 0.496. The Morgan fingerprint density at radius 1 is 1.14 bits per heavy atom. The molecule has 104 valence electrons. The number of anilines is 1. The second-order valence-corrected chi connectivity index (χ2v) is 4.59. The number of aromatic nitrogens is 2. The Hall–Kier alpha value is -3.08. The molecule has 2 aromatic carbocycles. The summed E-state index contributed by atoms with van der Waals surface area (Å²) in [5.74, 6) is -0.0959. The second kappa shape index (κ2) is 5.13. The molecule has 3 aromatic rings. The average Bonchev–Trinajstić information content (AvgIpc) is 2.48. The lowest BCUT2D eigenvalue weighted by atomic mass is 10.1. The fourth-order valence-corrected chi connectivity index (χ4v) is 2.08. The Morgan fingerprint density at radius 3 is 2.67 bits per heavy atom. The molecule has 21 heavy (non-hydrogen) atoms. The van der Waals surface area contributed by atoms with Crippen molar-refractivity contribution in [1.29, 1.82) is 0 Å². The maximum atomic E-state index is 12.0. The van der Waals surface area contributed by atoms with Crippen LogP contribution in [0.4, 0.5) is 5.69 Å². The summed E-state index contributed by atoms with van der Waals surface area (Å²) in [6.07, 6.45) is 1.32. The number of rotatable bonds is 2. The molecule has 0 unspecified atom stereocenters. The molecule has 3 rings (SSSR count). The van der Waals surface area contributed by atoms with Crippen LogP contribution in [0.3, 0.4) is 0 Å². The van der Waals surface area contributed by atoms with Gasteiger partial charge in [0, 0.05) is 17.3 Å². The SMILES string of the molecule is Nc1ccccc1C(O)=Cc1nc2ccccc2[nH]c1=O. The van der Waals surface area contributed by atoms with Crippen LogP contribution in [0.2, 0.25) is 0 Å². The van der Waals surface area contributed by atoms with Gasteiger partial charge in [-0.2, -0.15) is 0 Å². The van der Waals surface area contributed by atoms with Gasteiger partial charge in [-0.3, -0.25) is 4.79 Å². The van der Waals surface area contributed by atoms with Gasteiger partial charge in [0.05, 0.1) is 11.0 Å². The van der Waals surface area contributed by atoms with Crippen molar-refractivity contribution < 1.29 is 5.11 Å². The predicted octanol–water partition coefficient (Wildman–Crippen LogP) is 2.56. The molecular formula is C16H13N3O2. The van der Waals surface area contributed by atoms with Crippen molar-refractivity contribution in [2.75, 3.05) is 5.73 Å². The van der Waals surface area contributed by atoms with E-state index in [1.54, 1.807) is 36.4 Å². The molecule has 5 heteroatoms. The summed E-state index contributed by atoms with van der Waals surface area (Å²) in [6, 6.07) is 14.1. The fraction of sp³-hybridized carbons (Fsp3) is 0. The smallest absolute Gasteiger partial charge is 0.274 e. The van der Waals surface area contributed by atoms with Gasteiger partial charge in [-0.05, 0) is 24.3 Å². The van der Waals surface area contributed by atoms with E-state index >= 15 is 0 Å². The third-order valence-corrected chi connectivity index (χ3v) is 3.14. The van der Waals surface area contributed by atoms with Crippen molar-refractivity contribution in [2.45, 2.75) is 0 Å². The van der Waals surface area contributed by atoms with E-state index in [9.17, 15) is 9.90 Å². The highest BCUT2D eigenvalue weighted by Gasteiger charge is 2.07. The number of aliphatic hydroxyl groups is 1. The fourth-order valence-electron chi connectivity index (χ4n) is 2.08. The summed E-state index contributed by atoms with van der Waals surface area (Å²) < 4.78 is 0. The van der Waals surface area contributed by atoms with Gasteiger partial charge < -0.3 is 15.8 Å². The molecule has 0 amide bonds. The minimum atomic E-state index is -0.366. The summed E-state index contributed by atoms with van der Waals surface area (Å²) >= 11 is 0. The minimum absolute atomic E-state index is 0.0959. The molecule has 0 bridgehead atoms. The maximum absolute atomic E-state index is 12.0. The van der Waals surface area contributed by atoms with Crippen molar-refractivity contribution in [3.63, 3.8) is 0 Å². The Balaban J connectivity index is 2.13. The number of nitrogens with one attached hydrogen (secondary N) is 1. The lowest BCUT2D eigenvalue weighted by molar-refractivity contribution is 0.515. The monoisotopic (exact) mass is 279 g/mol. The zero-order chi connectivity index (χ0) is 14.8. The summed E-state index contributed by atoms with van der Waals surface area (Å²) in [6.45, 7) is 0. The largest absolute Gasteiger partial charge is 0.507 e. The summed E-state index contributed by atoms with van der Waals surface area (Å²) in [5, 5.41) is 10.1. The van der Waals surface area contributed by atoms with Gasteiger partial charge in [-0.1, -0.05) is 24.3 Å². The van der Waals surface area contributed by atoms with Crippen molar-refractivity contribution >= 4 is 28.6 Å². The molecule has 0 saturated carbocycles. The summed E-state index contributed by atoms with van der Waals surface area (Å²) in [7, 11) is 0. The number of nitrogens with two attached hydrogens (primary N) is 1. The molecular weight excluding hydrogens is 266 g/mol. The van der Waals surface area contributed by atoms with Crippen LogP contribution in [0.1, 0.15) is 11.3 Å². The number of aliphatic hydroxyl groups excluding tert-OH is 1. The zero-order valence-corrected chi connectivity index (χ0v) is 11.1. The van der Waals surface area contributed by atoms with Crippen molar-refractivity contribution in [3.8, 4) is 0 Å². The minimum Gasteiger partial charge on any atom is -0.507 e. The molecule has 0 atom stereocenters. The molecule has 1 heterocycles. The van der Waals surface area contributed by atoms with E-state index < -0.39 is 0 Å². The van der Waals surface area contributed by atoms with E-state index in [1.807, 2.05) is 12.1 Å². The van der Waals surface area contributed by atoms with Gasteiger partial charge in [0.1, 0.15) is 11.5 Å². The van der Waals surface area contributed by atoms with Gasteiger partial charge in [-0.25, -0.2) is 4.98 Å². The molecule has 0 aliphatic carbocycles. The second-order valence-electron chi connectivity index (χ2n) is 4.59. The van der Waals surface area contributed by atoms with Crippen LogP contribution in [0, 0.1) is 0 Å². The van der Waals surface area contributed by atoms with Crippen LogP contribution < -0.4 is 11.3 Å². The van der Waals surface area contributed by atoms with Gasteiger partial charge >= 0.3 is 0 Å². The average molecular weight is 279 g/mol. The van der Waals surface area contributed by atoms with Gasteiger partial charge in [0.25, 0.3) is 5.56 Å². The highest BCUT2D eigenvalue weighted by Crippen LogP contribution is 2.20. The number of H-pyrrole nitrogens is 1. The first kappa shape index (κ1) is 12.9. The van der Waals surface area contributed by atoms with Gasteiger partial charge in [0.2, 0.25) is 0 Å². The molecule has 4 N–H and O–H groups in total. The van der Waals surface area contributed by atoms with E-state index in [0.717, 1.165) is 0 Å². The Morgan fingerprint density at radius 2 is 1.86 bits per heavy atom. The number of aromatic amines is 1. The highest BCUT2D eigenvalue weighted by molar-refractivity contribution is 5.82. The molecule has 0 aliphatic rings. The number of fused-ring (bicyclic) bond motifs is 1. The molecule has 0 aliphatic heterocycles. The molecule has 0 saturated heterocycles. The van der Waals surface area contributed by atoms with E-state index in [0.29, 0.717) is 22.3 Å². The first-order valence-electron chi connectivity index (χ1n) is 6.40. The van der Waals surface area contributed by atoms with Crippen LogP contribution >= 0.6 is 0 Å². The number of nitrogen functional groups attached to an aromatic ring is 1. The summed E-state index contributed by atoms with van der Waals surface area (Å²) in [4.78, 5) is 19.0. The van der Waals surface area contributed by atoms with E-state index in [-0.39, 0.29) is 17.0 Å². The number of hydrogen-bond acceptors (Lipinski definition) is 4. The third kappa shape index (κ3) is 2.49. The molecule has 0 spiro atoms. The van der Waals surface area contributed by atoms with Crippen LogP contribution in [-0.4, -0.2) is 15.1 Å².